The number of sulfonamides is 1. The van der Waals surface area contributed by atoms with Crippen LogP contribution in [-0.2, 0) is 10.0 Å². The number of nitrogens with one attached hydrogen (secondary N) is 1. The third-order valence-electron chi connectivity index (χ3n) is 4.08. The summed E-state index contributed by atoms with van der Waals surface area (Å²) >= 11 is 1.43. The SMILES string of the molecule is CNCCCC1Sc2ccccc2N(c2cccc(OC)c2)S1(=O)=O.Cl. The van der Waals surface area contributed by atoms with E-state index in [1.165, 1.54) is 16.1 Å². The fourth-order valence-corrected chi connectivity index (χ4v) is 6.52. The van der Waals surface area contributed by atoms with E-state index < -0.39 is 14.6 Å². The van der Waals surface area contributed by atoms with Crippen molar-refractivity contribution in [3.05, 3.63) is 48.5 Å². The first-order chi connectivity index (χ1) is 12.1. The molecule has 1 N–H and O–H groups in total. The third kappa shape index (κ3) is 4.11. The molecule has 0 saturated carbocycles. The van der Waals surface area contributed by atoms with Gasteiger partial charge in [-0.1, -0.05) is 18.2 Å². The summed E-state index contributed by atoms with van der Waals surface area (Å²) in [4.78, 5) is 0.981. The average Bonchev–Trinajstić information content (AvgIpc) is 2.62. The van der Waals surface area contributed by atoms with E-state index >= 15 is 0 Å². The number of benzene rings is 2. The fraction of sp³-hybridized carbons (Fsp3) is 0.333. The Kier molecular flexibility index (Phi) is 7.23. The third-order valence-corrected chi connectivity index (χ3v) is 8.02. The minimum atomic E-state index is -3.52. The van der Waals surface area contributed by atoms with Crippen LogP contribution in [-0.4, -0.2) is 33.7 Å². The number of thioether (sulfide) groups is 1. The monoisotopic (exact) mass is 414 g/mol. The minimum Gasteiger partial charge on any atom is -0.497 e. The smallest absolute Gasteiger partial charge is 0.252 e. The van der Waals surface area contributed by atoms with E-state index in [0.29, 0.717) is 23.5 Å². The Hall–Kier alpha value is -1.41. The van der Waals surface area contributed by atoms with Gasteiger partial charge >= 0.3 is 0 Å². The van der Waals surface area contributed by atoms with Gasteiger partial charge in [0.15, 0.2) is 0 Å². The molecule has 0 saturated heterocycles. The second-order valence-electron chi connectivity index (χ2n) is 5.77. The number of nitrogens with zero attached hydrogens (tertiary/aromatic N) is 1. The van der Waals surface area contributed by atoms with Crippen LogP contribution in [0.5, 0.6) is 5.75 Å². The second-order valence-corrected chi connectivity index (χ2v) is 9.28. The zero-order valence-corrected chi connectivity index (χ0v) is 17.2. The van der Waals surface area contributed by atoms with Crippen LogP contribution in [0.1, 0.15) is 12.8 Å². The lowest BCUT2D eigenvalue weighted by Crippen LogP contribution is -2.37. The van der Waals surface area contributed by atoms with Crippen LogP contribution in [0, 0.1) is 0 Å². The Morgan fingerprint density at radius 3 is 2.69 bits per heavy atom. The molecule has 142 valence electrons. The minimum absolute atomic E-state index is 0. The molecule has 1 atom stereocenters. The second kappa shape index (κ2) is 8.99. The van der Waals surface area contributed by atoms with Gasteiger partial charge in [0, 0.05) is 11.0 Å². The van der Waals surface area contributed by atoms with Crippen molar-refractivity contribution < 1.29 is 13.2 Å². The summed E-state index contributed by atoms with van der Waals surface area (Å²) in [5, 5.41) is 3.08. The maximum absolute atomic E-state index is 13.3. The summed E-state index contributed by atoms with van der Waals surface area (Å²) in [6, 6.07) is 14.8. The molecule has 1 unspecified atom stereocenters. The predicted octanol–water partition coefficient (Wildman–Crippen LogP) is 4.02. The molecule has 1 aliphatic heterocycles. The highest BCUT2D eigenvalue weighted by Gasteiger charge is 2.39. The lowest BCUT2D eigenvalue weighted by atomic mass is 10.2. The number of hydrogen-bond acceptors (Lipinski definition) is 5. The summed E-state index contributed by atoms with van der Waals surface area (Å²) < 4.78 is 32.9. The molecule has 8 heteroatoms. The average molecular weight is 415 g/mol. The summed E-state index contributed by atoms with van der Waals surface area (Å²) in [6.45, 7) is 0.799. The topological polar surface area (TPSA) is 58.6 Å². The van der Waals surface area contributed by atoms with Gasteiger partial charge in [-0.25, -0.2) is 12.7 Å². The molecule has 2 aromatic rings. The van der Waals surface area contributed by atoms with E-state index in [0.717, 1.165) is 17.9 Å². The molecule has 0 spiro atoms. The van der Waals surface area contributed by atoms with Crippen molar-refractivity contribution in [1.82, 2.24) is 5.32 Å². The van der Waals surface area contributed by atoms with Gasteiger partial charge < -0.3 is 10.1 Å². The van der Waals surface area contributed by atoms with Crippen LogP contribution in [0.25, 0.3) is 0 Å². The molecular weight excluding hydrogens is 392 g/mol. The summed E-state index contributed by atoms with van der Waals surface area (Å²) in [7, 11) is -0.0704. The zero-order valence-electron chi connectivity index (χ0n) is 14.7. The maximum Gasteiger partial charge on any atom is 0.252 e. The largest absolute Gasteiger partial charge is 0.497 e. The Bertz CT molecular complexity index is 846. The first-order valence-electron chi connectivity index (χ1n) is 8.16. The van der Waals surface area contributed by atoms with Crippen LogP contribution < -0.4 is 14.4 Å². The van der Waals surface area contributed by atoms with Gasteiger partial charge in [-0.05, 0) is 50.7 Å². The fourth-order valence-electron chi connectivity index (χ4n) is 2.86. The number of ether oxygens (including phenoxy) is 1. The van der Waals surface area contributed by atoms with Crippen molar-refractivity contribution in [3.8, 4) is 5.75 Å². The van der Waals surface area contributed by atoms with Crippen molar-refractivity contribution in [1.29, 1.82) is 0 Å². The van der Waals surface area contributed by atoms with E-state index in [-0.39, 0.29) is 12.4 Å². The van der Waals surface area contributed by atoms with Gasteiger partial charge in [0.05, 0.1) is 18.5 Å². The molecule has 5 nitrogen and oxygen atoms in total. The summed E-state index contributed by atoms with van der Waals surface area (Å²) in [6.07, 6.45) is 1.41. The first kappa shape index (κ1) is 20.9. The molecule has 0 bridgehead atoms. The van der Waals surface area contributed by atoms with Gasteiger partial charge in [-0.2, -0.15) is 0 Å². The van der Waals surface area contributed by atoms with Gasteiger partial charge in [-0.3, -0.25) is 0 Å². The summed E-state index contributed by atoms with van der Waals surface area (Å²) in [5.41, 5.74) is 1.30. The number of methoxy groups -OCH3 is 1. The quantitative estimate of drug-likeness (QED) is 0.723. The standard InChI is InChI=1S/C18H22N2O3S2.ClH/c1-19-12-6-11-18-24-17-10-4-3-9-16(17)20(25(18,21)22)14-7-5-8-15(13-14)23-2;/h3-5,7-10,13,18-19H,6,11-12H2,1-2H3;1H. The van der Waals surface area contributed by atoms with Crippen LogP contribution in [0.2, 0.25) is 0 Å². The molecule has 1 heterocycles. The van der Waals surface area contributed by atoms with Crippen LogP contribution in [0.15, 0.2) is 53.4 Å². The molecule has 0 amide bonds. The molecule has 26 heavy (non-hydrogen) atoms. The van der Waals surface area contributed by atoms with E-state index in [1.54, 1.807) is 19.2 Å². The number of fused-ring (bicyclic) bond motifs is 1. The lowest BCUT2D eigenvalue weighted by Gasteiger charge is -2.35. The van der Waals surface area contributed by atoms with Crippen LogP contribution in [0.4, 0.5) is 11.4 Å². The number of para-hydroxylation sites is 1. The number of halogens is 1. The van der Waals surface area contributed by atoms with E-state index in [9.17, 15) is 8.42 Å². The Morgan fingerprint density at radius 2 is 1.96 bits per heavy atom. The highest BCUT2D eigenvalue weighted by atomic mass is 35.5. The Labute approximate surface area is 165 Å². The Morgan fingerprint density at radius 1 is 1.19 bits per heavy atom. The molecule has 2 aromatic carbocycles. The number of anilines is 2. The first-order valence-corrected chi connectivity index (χ1v) is 10.5. The summed E-state index contributed by atoms with van der Waals surface area (Å²) in [5.74, 6) is 0.634. The molecule has 0 fully saturated rings. The molecule has 3 rings (SSSR count). The number of hydrogen-bond donors (Lipinski definition) is 1. The zero-order chi connectivity index (χ0) is 17.9. The molecular formula is C18H23ClN2O3S2. The van der Waals surface area contributed by atoms with E-state index in [1.807, 2.05) is 43.4 Å². The number of rotatable bonds is 6. The molecule has 0 radical (unpaired) electrons. The van der Waals surface area contributed by atoms with Crippen LogP contribution >= 0.6 is 24.2 Å². The van der Waals surface area contributed by atoms with Crippen molar-refractivity contribution in [2.24, 2.45) is 0 Å². The van der Waals surface area contributed by atoms with Gasteiger partial charge in [0.25, 0.3) is 10.0 Å². The Balaban J connectivity index is 0.00000243. The molecule has 0 aliphatic carbocycles. The van der Waals surface area contributed by atoms with Crippen LogP contribution in [0.3, 0.4) is 0 Å². The lowest BCUT2D eigenvalue weighted by molar-refractivity contribution is 0.415. The van der Waals surface area contributed by atoms with Crippen molar-refractivity contribution >= 4 is 45.6 Å². The van der Waals surface area contributed by atoms with E-state index in [4.69, 9.17) is 4.74 Å². The highest BCUT2D eigenvalue weighted by Crippen LogP contribution is 2.47. The van der Waals surface area contributed by atoms with Crippen molar-refractivity contribution in [2.75, 3.05) is 25.0 Å². The van der Waals surface area contributed by atoms with E-state index in [2.05, 4.69) is 5.32 Å². The highest BCUT2D eigenvalue weighted by molar-refractivity contribution is 8.14. The van der Waals surface area contributed by atoms with Gasteiger partial charge in [0.1, 0.15) is 10.3 Å². The normalized spacial score (nSPS) is 17.9. The maximum atomic E-state index is 13.3. The van der Waals surface area contributed by atoms with Gasteiger partial charge in [-0.15, -0.1) is 24.2 Å². The van der Waals surface area contributed by atoms with Crippen molar-refractivity contribution in [2.45, 2.75) is 22.3 Å². The predicted molar refractivity (Wildman–Crippen MR) is 111 cm³/mol. The molecule has 1 aliphatic rings. The molecule has 0 aromatic heterocycles. The van der Waals surface area contributed by atoms with Gasteiger partial charge in [0.2, 0.25) is 0 Å². The van der Waals surface area contributed by atoms with Crippen molar-refractivity contribution in [3.63, 3.8) is 0 Å².